The number of benzene rings is 1. The van der Waals surface area contributed by atoms with E-state index in [-0.39, 0.29) is 11.5 Å². The van der Waals surface area contributed by atoms with Crippen molar-refractivity contribution in [3.63, 3.8) is 0 Å². The van der Waals surface area contributed by atoms with Crippen molar-refractivity contribution in [2.75, 3.05) is 5.32 Å². The van der Waals surface area contributed by atoms with E-state index in [1.807, 2.05) is 30.3 Å². The molecule has 1 amide bonds. The monoisotopic (exact) mass is 331 g/mol. The molecule has 0 saturated heterocycles. The molecule has 0 radical (unpaired) electrons. The Balaban J connectivity index is 1.78. The number of hydrogen-bond acceptors (Lipinski definition) is 5. The number of nitrogens with zero attached hydrogens (tertiary/aromatic N) is 3. The van der Waals surface area contributed by atoms with E-state index in [1.54, 1.807) is 24.3 Å². The molecule has 25 heavy (non-hydrogen) atoms. The first-order valence-electron chi connectivity index (χ1n) is 7.45. The Labute approximate surface area is 143 Å². The summed E-state index contributed by atoms with van der Waals surface area (Å²) < 4.78 is 0. The average molecular weight is 331 g/mol. The summed E-state index contributed by atoms with van der Waals surface area (Å²) >= 11 is 0. The van der Waals surface area contributed by atoms with Crippen molar-refractivity contribution >= 4 is 17.5 Å². The molecule has 0 spiro atoms. The number of nitriles is 1. The van der Waals surface area contributed by atoms with Crippen LogP contribution in [0.5, 0.6) is 0 Å². The molecule has 7 nitrogen and oxygen atoms in total. The highest BCUT2D eigenvalue weighted by Crippen LogP contribution is 2.19. The Morgan fingerprint density at radius 1 is 1.12 bits per heavy atom. The molecule has 2 heterocycles. The highest BCUT2D eigenvalue weighted by atomic mass is 16.2. The zero-order valence-corrected chi connectivity index (χ0v) is 13.0. The van der Waals surface area contributed by atoms with E-state index in [2.05, 4.69) is 20.5 Å². The fourth-order valence-corrected chi connectivity index (χ4v) is 2.23. The van der Waals surface area contributed by atoms with Crippen LogP contribution in [0.15, 0.2) is 60.8 Å². The standard InChI is InChI=1S/C18H13N5O2/c19-11-13(18(25)21-16-8-4-5-9-20-16)17(24)15-10-14(22-23-15)12-6-2-1-3-7-12/h1-10,13H,(H,22,23)(H,20,21,25). The van der Waals surface area contributed by atoms with Gasteiger partial charge < -0.3 is 5.32 Å². The first kappa shape index (κ1) is 16.1. The van der Waals surface area contributed by atoms with Gasteiger partial charge in [0.1, 0.15) is 11.5 Å². The second kappa shape index (κ2) is 7.19. The second-order valence-corrected chi connectivity index (χ2v) is 5.16. The number of carbonyl (C=O) groups is 2. The second-order valence-electron chi connectivity index (χ2n) is 5.16. The number of nitrogens with one attached hydrogen (secondary N) is 2. The molecule has 0 saturated carbocycles. The number of rotatable bonds is 5. The van der Waals surface area contributed by atoms with Gasteiger partial charge in [0, 0.05) is 11.8 Å². The molecule has 7 heteroatoms. The van der Waals surface area contributed by atoms with Gasteiger partial charge in [-0.1, -0.05) is 36.4 Å². The third kappa shape index (κ3) is 3.59. The normalized spacial score (nSPS) is 11.3. The SMILES string of the molecule is N#CC(C(=O)Nc1ccccn1)C(=O)c1cc(-c2ccccc2)n[nH]1. The maximum atomic E-state index is 12.5. The van der Waals surface area contributed by atoms with Crippen LogP contribution in [0.1, 0.15) is 10.5 Å². The molecule has 0 fully saturated rings. The number of anilines is 1. The van der Waals surface area contributed by atoms with Gasteiger partial charge in [-0.25, -0.2) is 4.98 Å². The summed E-state index contributed by atoms with van der Waals surface area (Å²) in [5.41, 5.74) is 1.48. The Morgan fingerprint density at radius 2 is 1.88 bits per heavy atom. The van der Waals surface area contributed by atoms with Crippen LogP contribution >= 0.6 is 0 Å². The van der Waals surface area contributed by atoms with Crippen LogP contribution in [-0.2, 0) is 4.79 Å². The number of H-pyrrole nitrogens is 1. The Kier molecular flexibility index (Phi) is 4.62. The lowest BCUT2D eigenvalue weighted by atomic mass is 10.0. The molecule has 1 atom stereocenters. The quantitative estimate of drug-likeness (QED) is 0.551. The molecule has 0 bridgehead atoms. The van der Waals surface area contributed by atoms with Crippen molar-refractivity contribution in [1.82, 2.24) is 15.2 Å². The maximum Gasteiger partial charge on any atom is 0.250 e. The number of amides is 1. The van der Waals surface area contributed by atoms with Gasteiger partial charge in [0.2, 0.25) is 5.78 Å². The lowest BCUT2D eigenvalue weighted by Gasteiger charge is -2.07. The number of ketones is 1. The van der Waals surface area contributed by atoms with Gasteiger partial charge in [-0.2, -0.15) is 10.4 Å². The van der Waals surface area contributed by atoms with Crippen LogP contribution < -0.4 is 5.32 Å². The molecule has 122 valence electrons. The lowest BCUT2D eigenvalue weighted by Crippen LogP contribution is -2.29. The van der Waals surface area contributed by atoms with E-state index < -0.39 is 17.6 Å². The Bertz CT molecular complexity index is 929. The van der Waals surface area contributed by atoms with Crippen molar-refractivity contribution < 1.29 is 9.59 Å². The molecule has 0 aliphatic carbocycles. The molecular weight excluding hydrogens is 318 g/mol. The van der Waals surface area contributed by atoms with E-state index in [9.17, 15) is 14.9 Å². The summed E-state index contributed by atoms with van der Waals surface area (Å²) in [6, 6.07) is 17.5. The molecule has 3 rings (SSSR count). The third-order valence-corrected chi connectivity index (χ3v) is 3.48. The van der Waals surface area contributed by atoms with Gasteiger partial charge in [-0.15, -0.1) is 0 Å². The predicted molar refractivity (Wildman–Crippen MR) is 90.3 cm³/mol. The van der Waals surface area contributed by atoms with Crippen molar-refractivity contribution in [2.45, 2.75) is 0 Å². The lowest BCUT2D eigenvalue weighted by molar-refractivity contribution is -0.117. The summed E-state index contributed by atoms with van der Waals surface area (Å²) in [6.45, 7) is 0. The first-order valence-corrected chi connectivity index (χ1v) is 7.45. The van der Waals surface area contributed by atoms with Crippen LogP contribution in [0.3, 0.4) is 0 Å². The molecule has 3 aromatic rings. The van der Waals surface area contributed by atoms with Crippen molar-refractivity contribution in [3.8, 4) is 17.3 Å². The first-order chi connectivity index (χ1) is 12.2. The smallest absolute Gasteiger partial charge is 0.250 e. The Morgan fingerprint density at radius 3 is 2.56 bits per heavy atom. The number of Topliss-reactive ketones (excluding diaryl/α,β-unsaturated/α-hetero) is 1. The van der Waals surface area contributed by atoms with Gasteiger partial charge in [-0.05, 0) is 18.2 Å². The van der Waals surface area contributed by atoms with Crippen LogP contribution in [0.25, 0.3) is 11.3 Å². The van der Waals surface area contributed by atoms with Crippen LogP contribution in [-0.4, -0.2) is 26.9 Å². The van der Waals surface area contributed by atoms with Gasteiger partial charge in [0.05, 0.1) is 11.8 Å². The summed E-state index contributed by atoms with van der Waals surface area (Å²) in [6.07, 6.45) is 1.50. The molecule has 2 aromatic heterocycles. The van der Waals surface area contributed by atoms with Crippen LogP contribution in [0.4, 0.5) is 5.82 Å². The molecule has 1 aromatic carbocycles. The van der Waals surface area contributed by atoms with E-state index in [1.165, 1.54) is 12.3 Å². The largest absolute Gasteiger partial charge is 0.309 e. The van der Waals surface area contributed by atoms with Crippen molar-refractivity contribution in [3.05, 3.63) is 66.5 Å². The molecule has 2 N–H and O–H groups in total. The topological polar surface area (TPSA) is 112 Å². The zero-order valence-electron chi connectivity index (χ0n) is 13.0. The minimum absolute atomic E-state index is 0.0987. The van der Waals surface area contributed by atoms with E-state index in [4.69, 9.17) is 0 Å². The molecule has 0 aliphatic heterocycles. The summed E-state index contributed by atoms with van der Waals surface area (Å²) in [5, 5.41) is 18.4. The Hall–Kier alpha value is -3.79. The molecule has 1 unspecified atom stereocenters. The minimum atomic E-state index is -1.49. The maximum absolute atomic E-state index is 12.5. The van der Waals surface area contributed by atoms with Gasteiger partial charge in [0.15, 0.2) is 5.92 Å². The number of aromatic nitrogens is 3. The van der Waals surface area contributed by atoms with Crippen LogP contribution in [0, 0.1) is 17.2 Å². The van der Waals surface area contributed by atoms with Crippen LogP contribution in [0.2, 0.25) is 0 Å². The predicted octanol–water partition coefficient (Wildman–Crippen LogP) is 2.43. The number of hydrogen-bond donors (Lipinski definition) is 2. The summed E-state index contributed by atoms with van der Waals surface area (Å²) in [7, 11) is 0. The number of aromatic amines is 1. The summed E-state index contributed by atoms with van der Waals surface area (Å²) in [5.74, 6) is -2.60. The number of pyridine rings is 1. The van der Waals surface area contributed by atoms with Crippen molar-refractivity contribution in [2.24, 2.45) is 5.92 Å². The zero-order chi connectivity index (χ0) is 17.6. The molecule has 0 aliphatic rings. The van der Waals surface area contributed by atoms with Gasteiger partial charge in [0.25, 0.3) is 5.91 Å². The van der Waals surface area contributed by atoms with E-state index >= 15 is 0 Å². The highest BCUT2D eigenvalue weighted by molar-refractivity contribution is 6.14. The molecular formula is C18H13N5O2. The van der Waals surface area contributed by atoms with Crippen molar-refractivity contribution in [1.29, 1.82) is 5.26 Å². The van der Waals surface area contributed by atoms with E-state index in [0.717, 1.165) is 5.56 Å². The van der Waals surface area contributed by atoms with Gasteiger partial charge >= 0.3 is 0 Å². The highest BCUT2D eigenvalue weighted by Gasteiger charge is 2.29. The number of carbonyl (C=O) groups excluding carboxylic acids is 2. The van der Waals surface area contributed by atoms with E-state index in [0.29, 0.717) is 5.69 Å². The van der Waals surface area contributed by atoms with Gasteiger partial charge in [-0.3, -0.25) is 14.7 Å². The minimum Gasteiger partial charge on any atom is -0.309 e. The fourth-order valence-electron chi connectivity index (χ4n) is 2.23. The average Bonchev–Trinajstić information content (AvgIpc) is 3.14. The fraction of sp³-hybridized carbons (Fsp3) is 0.0556. The third-order valence-electron chi connectivity index (χ3n) is 3.48. The summed E-state index contributed by atoms with van der Waals surface area (Å²) in [4.78, 5) is 28.6.